The minimum atomic E-state index is -0.188. The van der Waals surface area contributed by atoms with E-state index in [0.29, 0.717) is 10.7 Å². The van der Waals surface area contributed by atoms with Crippen LogP contribution in [-0.2, 0) is 4.79 Å². The lowest BCUT2D eigenvalue weighted by Crippen LogP contribution is -2.45. The van der Waals surface area contributed by atoms with E-state index in [-0.39, 0.29) is 24.4 Å². The van der Waals surface area contributed by atoms with Crippen LogP contribution in [0.3, 0.4) is 0 Å². The van der Waals surface area contributed by atoms with E-state index in [2.05, 4.69) is 10.3 Å². The van der Waals surface area contributed by atoms with Crippen LogP contribution in [0.5, 0.6) is 0 Å². The Labute approximate surface area is 158 Å². The molecule has 6 heteroatoms. The number of aryl methyl sites for hydroxylation is 2. The largest absolute Gasteiger partial charge is 0.326 e. The van der Waals surface area contributed by atoms with Gasteiger partial charge >= 0.3 is 0 Å². The van der Waals surface area contributed by atoms with Crippen LogP contribution in [-0.4, -0.2) is 34.3 Å². The van der Waals surface area contributed by atoms with Crippen LogP contribution in [0.1, 0.15) is 53.7 Å². The fourth-order valence-electron chi connectivity index (χ4n) is 3.45. The molecule has 5 nitrogen and oxygen atoms in total. The Hall–Kier alpha value is -2.21. The first-order valence-electron chi connectivity index (χ1n) is 9.13. The van der Waals surface area contributed by atoms with Gasteiger partial charge in [0, 0.05) is 17.0 Å². The lowest BCUT2D eigenvalue weighted by molar-refractivity contribution is -0.117. The molecule has 1 N–H and O–H groups in total. The third-order valence-corrected chi connectivity index (χ3v) is 5.71. The number of carbonyl (C=O) groups is 2. The Kier molecular flexibility index (Phi) is 6.04. The van der Waals surface area contributed by atoms with Crippen LogP contribution < -0.4 is 5.32 Å². The average molecular weight is 372 g/mol. The predicted octanol–water partition coefficient (Wildman–Crippen LogP) is 4.17. The molecule has 1 aromatic heterocycles. The van der Waals surface area contributed by atoms with Gasteiger partial charge in [0.2, 0.25) is 5.91 Å². The van der Waals surface area contributed by atoms with E-state index < -0.39 is 0 Å². The first-order valence-corrected chi connectivity index (χ1v) is 10.0. The number of hydrogen-bond donors (Lipinski definition) is 1. The summed E-state index contributed by atoms with van der Waals surface area (Å²) in [6.45, 7) is 3.89. The van der Waals surface area contributed by atoms with Crippen molar-refractivity contribution in [3.63, 3.8) is 0 Å². The summed E-state index contributed by atoms with van der Waals surface area (Å²) >= 11 is 1.40. The number of hydrogen-bond acceptors (Lipinski definition) is 4. The number of aromatic nitrogens is 1. The number of amides is 2. The molecule has 0 radical (unpaired) electrons. The van der Waals surface area contributed by atoms with Crippen LogP contribution in [0.25, 0.3) is 0 Å². The van der Waals surface area contributed by atoms with Gasteiger partial charge in [0.05, 0.1) is 5.69 Å². The van der Waals surface area contributed by atoms with E-state index >= 15 is 0 Å². The molecule has 138 valence electrons. The second-order valence-electron chi connectivity index (χ2n) is 6.88. The summed E-state index contributed by atoms with van der Waals surface area (Å²) in [6, 6.07) is 7.70. The minimum absolute atomic E-state index is 0.0551. The second kappa shape index (κ2) is 8.45. The molecule has 0 saturated heterocycles. The normalized spacial score (nSPS) is 14.8. The highest BCUT2D eigenvalue weighted by Gasteiger charge is 2.28. The fraction of sp³-hybridized carbons (Fsp3) is 0.450. The molecule has 3 rings (SSSR count). The van der Waals surface area contributed by atoms with E-state index in [1.807, 2.05) is 43.5 Å². The predicted molar refractivity (Wildman–Crippen MR) is 105 cm³/mol. The van der Waals surface area contributed by atoms with Gasteiger partial charge in [0.25, 0.3) is 5.91 Å². The first-order chi connectivity index (χ1) is 12.5. The SMILES string of the molecule is Cc1csc(NC(=O)CN(C(=O)c2ccccc2C)C2CCCCC2)n1. The number of nitrogens with zero attached hydrogens (tertiary/aromatic N) is 2. The number of anilines is 1. The maximum Gasteiger partial charge on any atom is 0.254 e. The fourth-order valence-corrected chi connectivity index (χ4v) is 4.16. The molecular weight excluding hydrogens is 346 g/mol. The van der Waals surface area contributed by atoms with Gasteiger partial charge in [-0.25, -0.2) is 4.98 Å². The molecule has 2 amide bonds. The van der Waals surface area contributed by atoms with E-state index in [1.54, 1.807) is 4.90 Å². The Bertz CT molecular complexity index is 781. The summed E-state index contributed by atoms with van der Waals surface area (Å²) in [5.74, 6) is -0.243. The van der Waals surface area contributed by atoms with Crippen LogP contribution in [0.2, 0.25) is 0 Å². The topological polar surface area (TPSA) is 62.3 Å². The van der Waals surface area contributed by atoms with Gasteiger partial charge in [0.1, 0.15) is 6.54 Å². The molecule has 0 aliphatic heterocycles. The Morgan fingerprint density at radius 1 is 1.19 bits per heavy atom. The van der Waals surface area contributed by atoms with Crippen molar-refractivity contribution in [2.45, 2.75) is 52.0 Å². The Morgan fingerprint density at radius 2 is 1.92 bits per heavy atom. The van der Waals surface area contributed by atoms with E-state index in [4.69, 9.17) is 0 Å². The van der Waals surface area contributed by atoms with Crippen molar-refractivity contribution in [2.75, 3.05) is 11.9 Å². The monoisotopic (exact) mass is 371 g/mol. The van der Waals surface area contributed by atoms with Crippen LogP contribution in [0.4, 0.5) is 5.13 Å². The van der Waals surface area contributed by atoms with Crippen molar-refractivity contribution < 1.29 is 9.59 Å². The summed E-state index contributed by atoms with van der Waals surface area (Å²) in [7, 11) is 0. The minimum Gasteiger partial charge on any atom is -0.326 e. The molecular formula is C20H25N3O2S. The molecule has 1 aliphatic rings. The number of thiazole rings is 1. The lowest BCUT2D eigenvalue weighted by atomic mass is 9.93. The summed E-state index contributed by atoms with van der Waals surface area (Å²) in [6.07, 6.45) is 5.33. The third kappa shape index (κ3) is 4.49. The van der Waals surface area contributed by atoms with Crippen molar-refractivity contribution in [1.29, 1.82) is 0 Å². The molecule has 1 aliphatic carbocycles. The van der Waals surface area contributed by atoms with Crippen molar-refractivity contribution in [3.05, 3.63) is 46.5 Å². The van der Waals surface area contributed by atoms with Gasteiger partial charge in [0.15, 0.2) is 5.13 Å². The summed E-state index contributed by atoms with van der Waals surface area (Å²) < 4.78 is 0. The van der Waals surface area contributed by atoms with Crippen LogP contribution in [0.15, 0.2) is 29.6 Å². The maximum atomic E-state index is 13.2. The van der Waals surface area contributed by atoms with Crippen LogP contribution in [0, 0.1) is 13.8 Å². The third-order valence-electron chi connectivity index (χ3n) is 4.83. The van der Waals surface area contributed by atoms with Crippen molar-refractivity contribution in [3.8, 4) is 0 Å². The number of carbonyl (C=O) groups excluding carboxylic acids is 2. The van der Waals surface area contributed by atoms with Crippen molar-refractivity contribution in [2.24, 2.45) is 0 Å². The summed E-state index contributed by atoms with van der Waals surface area (Å²) in [5, 5.41) is 5.31. The molecule has 1 saturated carbocycles. The second-order valence-corrected chi connectivity index (χ2v) is 7.74. The smallest absolute Gasteiger partial charge is 0.254 e. The van der Waals surface area contributed by atoms with Crippen molar-refractivity contribution in [1.82, 2.24) is 9.88 Å². The molecule has 1 fully saturated rings. The molecule has 0 bridgehead atoms. The maximum absolute atomic E-state index is 13.2. The summed E-state index contributed by atoms with van der Waals surface area (Å²) in [5.41, 5.74) is 2.50. The molecule has 1 aromatic carbocycles. The Morgan fingerprint density at radius 3 is 2.58 bits per heavy atom. The van der Waals surface area contributed by atoms with Gasteiger partial charge in [-0.1, -0.05) is 37.5 Å². The quantitative estimate of drug-likeness (QED) is 0.858. The van der Waals surface area contributed by atoms with Crippen LogP contribution >= 0.6 is 11.3 Å². The highest BCUT2D eigenvalue weighted by atomic mass is 32.1. The zero-order valence-electron chi connectivity index (χ0n) is 15.3. The average Bonchev–Trinajstić information content (AvgIpc) is 3.05. The highest BCUT2D eigenvalue weighted by Crippen LogP contribution is 2.25. The standard InChI is InChI=1S/C20H25N3O2S/c1-14-8-6-7-11-17(14)19(25)23(16-9-4-3-5-10-16)12-18(24)22-20-21-15(2)13-26-20/h6-8,11,13,16H,3-5,9-10,12H2,1-2H3,(H,21,22,24). The van der Waals surface area contributed by atoms with Gasteiger partial charge < -0.3 is 10.2 Å². The molecule has 1 heterocycles. The summed E-state index contributed by atoms with van der Waals surface area (Å²) in [4.78, 5) is 31.8. The zero-order valence-corrected chi connectivity index (χ0v) is 16.1. The molecule has 0 unspecified atom stereocenters. The molecule has 26 heavy (non-hydrogen) atoms. The number of nitrogens with one attached hydrogen (secondary N) is 1. The lowest BCUT2D eigenvalue weighted by Gasteiger charge is -2.34. The zero-order chi connectivity index (χ0) is 18.5. The number of rotatable bonds is 5. The van der Waals surface area contributed by atoms with E-state index in [0.717, 1.165) is 36.9 Å². The van der Waals surface area contributed by atoms with Gasteiger partial charge in [-0.2, -0.15) is 0 Å². The van der Waals surface area contributed by atoms with Crippen molar-refractivity contribution >= 4 is 28.3 Å². The van der Waals surface area contributed by atoms with E-state index in [1.165, 1.54) is 17.8 Å². The first kappa shape index (κ1) is 18.6. The molecule has 0 spiro atoms. The van der Waals surface area contributed by atoms with Gasteiger partial charge in [-0.3, -0.25) is 9.59 Å². The molecule has 0 atom stereocenters. The molecule has 2 aromatic rings. The highest BCUT2D eigenvalue weighted by molar-refractivity contribution is 7.13. The Balaban J connectivity index is 1.77. The van der Waals surface area contributed by atoms with Gasteiger partial charge in [-0.05, 0) is 38.3 Å². The number of benzene rings is 1. The van der Waals surface area contributed by atoms with Gasteiger partial charge in [-0.15, -0.1) is 11.3 Å². The van der Waals surface area contributed by atoms with E-state index in [9.17, 15) is 9.59 Å².